The third kappa shape index (κ3) is 12.2. The van der Waals surface area contributed by atoms with Crippen LogP contribution in [-0.4, -0.2) is 0 Å². The molecule has 6 rings (SSSR count). The fourth-order valence-electron chi connectivity index (χ4n) is 4.63. The van der Waals surface area contributed by atoms with Gasteiger partial charge in [-0.25, -0.2) is 0 Å². The van der Waals surface area contributed by atoms with Gasteiger partial charge in [-0.15, -0.1) is 11.1 Å². The Hall–Kier alpha value is -4.51. The van der Waals surface area contributed by atoms with E-state index in [0.717, 1.165) is 0 Å². The SMILES string of the molecule is [N-]=[N+]=N.[N-]=[N+]=N.[Pt+2].c1ccc([PH+](c2ccccc2)c2ccccc2)cc1.c1ccc([PH+](c2ccccc2)c2ccccc2)cc1. The van der Waals surface area contributed by atoms with Crippen molar-refractivity contribution in [2.45, 2.75) is 0 Å². The summed E-state index contributed by atoms with van der Waals surface area (Å²) in [5.74, 6) is 0. The molecular formula is C36H34N6P2Pt+4. The number of hydrogen-bond acceptors (Lipinski definition) is 2. The van der Waals surface area contributed by atoms with Crippen LogP contribution >= 0.6 is 15.8 Å². The minimum Gasteiger partial charge on any atom is -0.108 e. The fraction of sp³-hybridized carbons (Fsp3) is 0. The first-order valence-electron chi connectivity index (χ1n) is 13.8. The maximum Gasteiger partial charge on any atom is 2.00 e. The van der Waals surface area contributed by atoms with Gasteiger partial charge in [0.05, 0.1) is 15.8 Å². The van der Waals surface area contributed by atoms with E-state index in [2.05, 4.69) is 182 Å². The van der Waals surface area contributed by atoms with Crippen molar-refractivity contribution in [3.05, 3.63) is 203 Å². The second-order valence-corrected chi connectivity index (χ2v) is 14.1. The zero-order valence-corrected chi connectivity index (χ0v) is 28.7. The molecule has 0 saturated carbocycles. The Morgan fingerprint density at radius 1 is 0.311 bits per heavy atom. The summed E-state index contributed by atoms with van der Waals surface area (Å²) < 4.78 is 0. The van der Waals surface area contributed by atoms with Gasteiger partial charge in [0.1, 0.15) is 31.8 Å². The molecule has 0 aliphatic carbocycles. The first-order valence-corrected chi connectivity index (χ1v) is 16.8. The molecule has 6 aromatic rings. The monoisotopic (exact) mass is 807 g/mol. The fourth-order valence-corrected chi connectivity index (χ4v) is 9.78. The third-order valence-corrected chi connectivity index (χ3v) is 11.8. The average Bonchev–Trinajstić information content (AvgIpc) is 3.09. The summed E-state index contributed by atoms with van der Waals surface area (Å²) >= 11 is 0. The molecule has 6 aromatic carbocycles. The predicted molar refractivity (Wildman–Crippen MR) is 192 cm³/mol. The van der Waals surface area contributed by atoms with Crippen LogP contribution in [0.3, 0.4) is 0 Å². The maximum atomic E-state index is 6.86. The number of nitrogens with zero attached hydrogens (tertiary/aromatic N) is 4. The van der Waals surface area contributed by atoms with Crippen molar-refractivity contribution in [2.75, 3.05) is 0 Å². The van der Waals surface area contributed by atoms with Gasteiger partial charge in [0.25, 0.3) is 0 Å². The average molecular weight is 808 g/mol. The first-order chi connectivity index (χ1) is 21.7. The van der Waals surface area contributed by atoms with Gasteiger partial charge in [0.2, 0.25) is 0 Å². The van der Waals surface area contributed by atoms with Gasteiger partial charge < -0.3 is 0 Å². The van der Waals surface area contributed by atoms with E-state index in [1.807, 2.05) is 0 Å². The van der Waals surface area contributed by atoms with Gasteiger partial charge in [-0.3, -0.25) is 0 Å². The molecule has 0 spiro atoms. The van der Waals surface area contributed by atoms with E-state index in [4.69, 9.17) is 22.1 Å². The number of nitrogens with one attached hydrogen (secondary N) is 2. The van der Waals surface area contributed by atoms with Gasteiger partial charge in [-0.1, -0.05) is 109 Å². The van der Waals surface area contributed by atoms with E-state index in [0.29, 0.717) is 0 Å². The Morgan fingerprint density at radius 3 is 0.533 bits per heavy atom. The van der Waals surface area contributed by atoms with Crippen molar-refractivity contribution in [2.24, 2.45) is 0 Å². The number of benzene rings is 6. The van der Waals surface area contributed by atoms with Gasteiger partial charge in [-0.05, 0) is 93.7 Å². The summed E-state index contributed by atoms with van der Waals surface area (Å²) in [4.78, 5) is 3.50. The van der Waals surface area contributed by atoms with Crippen LogP contribution < -0.4 is 31.8 Å². The van der Waals surface area contributed by atoms with Gasteiger partial charge >= 0.3 is 21.1 Å². The Morgan fingerprint density at radius 2 is 0.422 bits per heavy atom. The molecule has 0 amide bonds. The van der Waals surface area contributed by atoms with Crippen LogP contribution in [0.1, 0.15) is 0 Å². The number of hydrogen-bond donors (Lipinski definition) is 2. The maximum absolute atomic E-state index is 6.86. The summed E-state index contributed by atoms with van der Waals surface area (Å²) in [7, 11) is -1.75. The van der Waals surface area contributed by atoms with Crippen LogP contribution in [0, 0.1) is 11.1 Å². The van der Waals surface area contributed by atoms with Crippen LogP contribution in [-0.2, 0) is 21.1 Å². The Bertz CT molecular complexity index is 1370. The van der Waals surface area contributed by atoms with Crippen LogP contribution in [0.5, 0.6) is 0 Å². The van der Waals surface area contributed by atoms with E-state index in [1.165, 1.54) is 31.8 Å². The quantitative estimate of drug-likeness (QED) is 0.0732. The molecule has 0 saturated heterocycles. The van der Waals surface area contributed by atoms with Crippen LogP contribution in [0.2, 0.25) is 0 Å². The minimum absolute atomic E-state index is 0. The molecule has 0 unspecified atom stereocenters. The topological polar surface area (TPSA) is 120 Å². The Labute approximate surface area is 281 Å². The van der Waals surface area contributed by atoms with Crippen molar-refractivity contribution in [3.63, 3.8) is 0 Å². The Kier molecular flexibility index (Phi) is 18.0. The third-order valence-electron chi connectivity index (χ3n) is 6.37. The van der Waals surface area contributed by atoms with Crippen molar-refractivity contribution >= 4 is 47.7 Å². The molecular weight excluding hydrogens is 773 g/mol. The summed E-state index contributed by atoms with van der Waals surface area (Å²) in [5, 5.41) is 8.61. The summed E-state index contributed by atoms with van der Waals surface area (Å²) in [6, 6.07) is 65.0. The van der Waals surface area contributed by atoms with Crippen molar-refractivity contribution < 1.29 is 21.1 Å². The van der Waals surface area contributed by atoms with Gasteiger partial charge in [0, 0.05) is 0 Å². The predicted octanol–water partition coefficient (Wildman–Crippen LogP) is 8.10. The smallest absolute Gasteiger partial charge is 0.108 e. The molecule has 9 heteroatoms. The van der Waals surface area contributed by atoms with Gasteiger partial charge in [-0.2, -0.15) is 0 Å². The van der Waals surface area contributed by atoms with Crippen LogP contribution in [0.25, 0.3) is 20.9 Å². The van der Waals surface area contributed by atoms with Gasteiger partial charge in [0.15, 0.2) is 0 Å². The standard InChI is InChI=1S/2C18H15P.2HN3.Pt/c2*1-4-10-16(11-5-1)19(17-12-6-2-7-13-17)18-14-8-3-9-15-18;2*1-3-2;/h2*1-15H;2*1H;/q;;;;+2/p+2. The molecule has 0 radical (unpaired) electrons. The normalized spacial score (nSPS) is 9.29. The Balaban J connectivity index is 0.000000262. The minimum atomic E-state index is -0.877. The molecule has 0 aromatic heterocycles. The molecule has 0 fully saturated rings. The zero-order chi connectivity index (χ0) is 31.2. The molecule has 0 aliphatic rings. The van der Waals surface area contributed by atoms with Crippen molar-refractivity contribution in [1.82, 2.24) is 0 Å². The second kappa shape index (κ2) is 22.1. The van der Waals surface area contributed by atoms with Crippen LogP contribution in [0.4, 0.5) is 0 Å². The molecule has 2 N–H and O–H groups in total. The van der Waals surface area contributed by atoms with Crippen LogP contribution in [0.15, 0.2) is 182 Å². The molecule has 6 nitrogen and oxygen atoms in total. The van der Waals surface area contributed by atoms with Crippen molar-refractivity contribution in [1.29, 1.82) is 11.1 Å². The largest absolute Gasteiger partial charge is 2.00 e. The van der Waals surface area contributed by atoms with E-state index < -0.39 is 15.8 Å². The molecule has 224 valence electrons. The van der Waals surface area contributed by atoms with E-state index in [9.17, 15) is 0 Å². The zero-order valence-electron chi connectivity index (χ0n) is 24.4. The molecule has 0 aliphatic heterocycles. The summed E-state index contributed by atoms with van der Waals surface area (Å²) in [5.41, 5.74) is 24.5. The summed E-state index contributed by atoms with van der Waals surface area (Å²) in [6.45, 7) is 0. The van der Waals surface area contributed by atoms with Crippen molar-refractivity contribution in [3.8, 4) is 0 Å². The van der Waals surface area contributed by atoms with E-state index in [-0.39, 0.29) is 21.1 Å². The molecule has 0 atom stereocenters. The molecule has 0 bridgehead atoms. The van der Waals surface area contributed by atoms with E-state index in [1.54, 1.807) is 9.82 Å². The first kappa shape index (κ1) is 36.7. The second-order valence-electron chi connectivity index (χ2n) is 9.15. The molecule has 0 heterocycles. The van der Waals surface area contributed by atoms with E-state index >= 15 is 0 Å². The summed E-state index contributed by atoms with van der Waals surface area (Å²) in [6.07, 6.45) is 0. The number of rotatable bonds is 6. The molecule has 45 heavy (non-hydrogen) atoms.